The zero-order valence-corrected chi connectivity index (χ0v) is 19.9. The van der Waals surface area contributed by atoms with E-state index in [0.717, 1.165) is 6.07 Å². The minimum atomic E-state index is -4.01. The van der Waals surface area contributed by atoms with E-state index in [0.29, 0.717) is 11.2 Å². The van der Waals surface area contributed by atoms with Crippen molar-refractivity contribution in [3.63, 3.8) is 0 Å². The molecule has 1 aromatic carbocycles. The fourth-order valence-corrected chi connectivity index (χ4v) is 5.04. The maximum absolute atomic E-state index is 13.2. The predicted molar refractivity (Wildman–Crippen MR) is 127 cm³/mol. The number of sulfone groups is 1. The summed E-state index contributed by atoms with van der Waals surface area (Å²) in [5, 5.41) is 22.2. The van der Waals surface area contributed by atoms with E-state index in [1.54, 1.807) is 25.5 Å². The summed E-state index contributed by atoms with van der Waals surface area (Å²) in [4.78, 5) is 7.84. The lowest BCUT2D eigenvalue weighted by Crippen LogP contribution is -2.11. The standard InChI is InChI=1S/C23H19F2N7O4S/c1-31-13-18(29-22(33)17-12-28-32-10-2-7-27-21(17)32)20(30-31)16-11-15(3-4-19(16)36-23(24)25)37(34,35)14-5-8-26-9-6-14/h2-13,22-23,29,33H,1H3. The van der Waals surface area contributed by atoms with Gasteiger partial charge in [-0.25, -0.2) is 17.9 Å². The zero-order chi connectivity index (χ0) is 26.2. The summed E-state index contributed by atoms with van der Waals surface area (Å²) in [7, 11) is -2.42. The van der Waals surface area contributed by atoms with Crippen molar-refractivity contribution in [1.29, 1.82) is 0 Å². The number of rotatable bonds is 8. The van der Waals surface area contributed by atoms with Gasteiger partial charge in [-0.2, -0.15) is 19.0 Å². The Hall–Kier alpha value is -4.43. The molecule has 0 spiro atoms. The van der Waals surface area contributed by atoms with E-state index in [-0.39, 0.29) is 32.5 Å². The minimum absolute atomic E-state index is 0.0219. The van der Waals surface area contributed by atoms with Crippen LogP contribution in [-0.2, 0) is 16.9 Å². The molecule has 5 rings (SSSR count). The number of nitrogens with zero attached hydrogens (tertiary/aromatic N) is 6. The molecule has 0 aliphatic rings. The number of nitrogens with one attached hydrogen (secondary N) is 1. The van der Waals surface area contributed by atoms with Crippen LogP contribution in [0.1, 0.15) is 11.8 Å². The van der Waals surface area contributed by atoms with Crippen molar-refractivity contribution in [1.82, 2.24) is 29.4 Å². The summed E-state index contributed by atoms with van der Waals surface area (Å²) >= 11 is 0. The van der Waals surface area contributed by atoms with E-state index in [1.807, 2.05) is 0 Å². The van der Waals surface area contributed by atoms with E-state index in [2.05, 4.69) is 30.2 Å². The Morgan fingerprint density at radius 3 is 2.65 bits per heavy atom. The zero-order valence-electron chi connectivity index (χ0n) is 19.1. The topological polar surface area (TPSA) is 137 Å². The smallest absolute Gasteiger partial charge is 0.387 e. The monoisotopic (exact) mass is 527 g/mol. The number of hydrogen-bond donors (Lipinski definition) is 2. The number of halogens is 2. The molecule has 0 amide bonds. The van der Waals surface area contributed by atoms with Crippen molar-refractivity contribution in [3.8, 4) is 17.0 Å². The summed E-state index contributed by atoms with van der Waals surface area (Å²) in [6.07, 6.45) is 7.51. The number of pyridine rings is 1. The van der Waals surface area contributed by atoms with Crippen molar-refractivity contribution in [2.75, 3.05) is 5.32 Å². The Morgan fingerprint density at radius 1 is 1.11 bits per heavy atom. The van der Waals surface area contributed by atoms with Gasteiger partial charge in [0.1, 0.15) is 11.4 Å². The van der Waals surface area contributed by atoms with Crippen LogP contribution in [0.15, 0.2) is 83.4 Å². The Bertz CT molecular complexity index is 1670. The molecular weight excluding hydrogens is 508 g/mol. The number of aliphatic hydroxyl groups excluding tert-OH is 1. The summed E-state index contributed by atoms with van der Waals surface area (Å²) < 4.78 is 60.3. The Labute approximate surface area is 208 Å². The molecule has 37 heavy (non-hydrogen) atoms. The van der Waals surface area contributed by atoms with Crippen LogP contribution in [0.2, 0.25) is 0 Å². The molecule has 1 atom stereocenters. The second-order valence-electron chi connectivity index (χ2n) is 7.82. The number of benzene rings is 1. The number of alkyl halides is 2. The predicted octanol–water partition coefficient (Wildman–Crippen LogP) is 3.06. The Morgan fingerprint density at radius 2 is 1.89 bits per heavy atom. The highest BCUT2D eigenvalue weighted by Gasteiger charge is 2.25. The first-order chi connectivity index (χ1) is 17.7. The van der Waals surface area contributed by atoms with Crippen molar-refractivity contribution >= 4 is 21.2 Å². The van der Waals surface area contributed by atoms with Gasteiger partial charge in [-0.05, 0) is 36.4 Å². The summed E-state index contributed by atoms with van der Waals surface area (Å²) in [6, 6.07) is 7.84. The molecule has 14 heteroatoms. The lowest BCUT2D eigenvalue weighted by molar-refractivity contribution is -0.0494. The number of ether oxygens (including phenoxy) is 1. The molecule has 0 bridgehead atoms. The summed E-state index contributed by atoms with van der Waals surface area (Å²) in [5.41, 5.74) is 1.04. The third kappa shape index (κ3) is 4.71. The first kappa shape index (κ1) is 24.3. The van der Waals surface area contributed by atoms with Crippen LogP contribution in [0.5, 0.6) is 5.75 Å². The van der Waals surface area contributed by atoms with Crippen molar-refractivity contribution in [3.05, 3.63) is 79.1 Å². The van der Waals surface area contributed by atoms with Gasteiger partial charge in [-0.3, -0.25) is 9.67 Å². The number of aliphatic hydroxyl groups is 1. The molecule has 0 saturated carbocycles. The minimum Gasteiger partial charge on any atom is -0.434 e. The van der Waals surface area contributed by atoms with E-state index < -0.39 is 22.7 Å². The van der Waals surface area contributed by atoms with Crippen LogP contribution in [0.25, 0.3) is 16.9 Å². The fourth-order valence-electron chi connectivity index (χ4n) is 3.77. The lowest BCUT2D eigenvalue weighted by atomic mass is 10.1. The first-order valence-corrected chi connectivity index (χ1v) is 12.2. The lowest BCUT2D eigenvalue weighted by Gasteiger charge is -2.15. The molecule has 0 aliphatic carbocycles. The number of fused-ring (bicyclic) bond motifs is 1. The van der Waals surface area contributed by atoms with Crippen LogP contribution >= 0.6 is 0 Å². The van der Waals surface area contributed by atoms with Gasteiger partial charge in [0.25, 0.3) is 0 Å². The normalized spacial score (nSPS) is 12.7. The fraction of sp³-hybridized carbons (Fsp3) is 0.130. The Kier molecular flexibility index (Phi) is 6.27. The molecule has 0 radical (unpaired) electrons. The third-order valence-corrected chi connectivity index (χ3v) is 7.18. The van der Waals surface area contributed by atoms with Crippen molar-refractivity contribution in [2.45, 2.75) is 22.6 Å². The molecule has 1 unspecified atom stereocenters. The summed E-state index contributed by atoms with van der Waals surface area (Å²) in [6.45, 7) is -3.17. The van der Waals surface area contributed by atoms with Gasteiger partial charge >= 0.3 is 6.61 Å². The van der Waals surface area contributed by atoms with Gasteiger partial charge in [-0.15, -0.1) is 0 Å². The van der Waals surface area contributed by atoms with Gasteiger partial charge in [0, 0.05) is 43.6 Å². The maximum Gasteiger partial charge on any atom is 0.387 e. The highest BCUT2D eigenvalue weighted by Crippen LogP contribution is 2.38. The molecule has 11 nitrogen and oxygen atoms in total. The average Bonchev–Trinajstić information content (AvgIpc) is 3.47. The van der Waals surface area contributed by atoms with E-state index in [9.17, 15) is 22.3 Å². The largest absolute Gasteiger partial charge is 0.434 e. The average molecular weight is 528 g/mol. The SMILES string of the molecule is Cn1cc(NC(O)c2cnn3cccnc23)c(-c2cc(S(=O)(=O)c3ccncc3)ccc2OC(F)F)n1. The van der Waals surface area contributed by atoms with Gasteiger partial charge in [0.15, 0.2) is 11.9 Å². The van der Waals surface area contributed by atoms with Crippen LogP contribution in [0, 0.1) is 0 Å². The molecule has 2 N–H and O–H groups in total. The first-order valence-electron chi connectivity index (χ1n) is 10.7. The number of aryl methyl sites for hydroxylation is 1. The van der Waals surface area contributed by atoms with Gasteiger partial charge in [-0.1, -0.05) is 0 Å². The second-order valence-corrected chi connectivity index (χ2v) is 9.77. The van der Waals surface area contributed by atoms with Crippen LogP contribution in [0.3, 0.4) is 0 Å². The van der Waals surface area contributed by atoms with Gasteiger partial charge in [0.05, 0.1) is 27.2 Å². The van der Waals surface area contributed by atoms with E-state index in [4.69, 9.17) is 0 Å². The highest BCUT2D eigenvalue weighted by molar-refractivity contribution is 7.91. The van der Waals surface area contributed by atoms with E-state index >= 15 is 0 Å². The molecule has 4 heterocycles. The number of anilines is 1. The summed E-state index contributed by atoms with van der Waals surface area (Å²) in [5.74, 6) is -0.294. The molecule has 5 aromatic rings. The quantitative estimate of drug-likeness (QED) is 0.292. The van der Waals surface area contributed by atoms with Crippen molar-refractivity contribution < 1.29 is 27.0 Å². The Balaban J connectivity index is 1.59. The number of hydrogen-bond acceptors (Lipinski definition) is 9. The third-order valence-electron chi connectivity index (χ3n) is 5.41. The van der Waals surface area contributed by atoms with Crippen molar-refractivity contribution in [2.24, 2.45) is 7.05 Å². The highest BCUT2D eigenvalue weighted by atomic mass is 32.2. The molecule has 0 saturated heterocycles. The van der Waals surface area contributed by atoms with Crippen LogP contribution in [0.4, 0.5) is 14.5 Å². The molecule has 0 aliphatic heterocycles. The second kappa shape index (κ2) is 9.55. The van der Waals surface area contributed by atoms with Crippen LogP contribution in [-0.4, -0.2) is 49.5 Å². The molecule has 4 aromatic heterocycles. The van der Waals surface area contributed by atoms with Crippen LogP contribution < -0.4 is 10.1 Å². The number of aromatic nitrogens is 6. The van der Waals surface area contributed by atoms with E-state index in [1.165, 1.54) is 58.3 Å². The molecular formula is C23H19F2N7O4S. The molecule has 0 fully saturated rings. The molecule has 190 valence electrons. The van der Waals surface area contributed by atoms with Gasteiger partial charge in [0.2, 0.25) is 9.84 Å². The maximum atomic E-state index is 13.2. The van der Waals surface area contributed by atoms with Gasteiger partial charge < -0.3 is 15.2 Å².